The van der Waals surface area contributed by atoms with Crippen molar-refractivity contribution in [3.8, 4) is 0 Å². The molecule has 0 atom stereocenters. The third-order valence-electron chi connectivity index (χ3n) is 2.35. The number of nitrogens with one attached hydrogen (secondary N) is 1. The first-order valence-corrected chi connectivity index (χ1v) is 9.18. The quantitative estimate of drug-likeness (QED) is 0.836. The highest BCUT2D eigenvalue weighted by Gasteiger charge is 2.21. The van der Waals surface area contributed by atoms with E-state index in [4.69, 9.17) is 5.14 Å². The average Bonchev–Trinajstić information content (AvgIpc) is 2.22. The van der Waals surface area contributed by atoms with Gasteiger partial charge >= 0.3 is 0 Å². The van der Waals surface area contributed by atoms with Crippen LogP contribution in [0.15, 0.2) is 29.2 Å². The largest absolute Gasteiger partial charge is 0.238 e. The van der Waals surface area contributed by atoms with Crippen LogP contribution in [0.3, 0.4) is 0 Å². The molecule has 0 unspecified atom stereocenters. The predicted octanol–water partition coefficient (Wildman–Crippen LogP) is 0.800. The summed E-state index contributed by atoms with van der Waals surface area (Å²) >= 11 is 0. The smallest absolute Gasteiger partial charge is 0.225 e. The van der Waals surface area contributed by atoms with E-state index < -0.39 is 20.0 Å². The van der Waals surface area contributed by atoms with Crippen LogP contribution < -0.4 is 9.86 Å². The van der Waals surface area contributed by atoms with Gasteiger partial charge in [0.2, 0.25) is 20.0 Å². The molecule has 0 saturated heterocycles. The molecule has 0 saturated carbocycles. The van der Waals surface area contributed by atoms with E-state index in [2.05, 4.69) is 4.72 Å². The number of hydrogen-bond donors (Lipinski definition) is 2. The van der Waals surface area contributed by atoms with Crippen LogP contribution >= 0.6 is 0 Å². The van der Waals surface area contributed by atoms with Crippen LogP contribution in [0.2, 0.25) is 0 Å². The molecule has 8 heteroatoms. The van der Waals surface area contributed by atoms with Gasteiger partial charge in [0.25, 0.3) is 0 Å². The molecule has 0 spiro atoms. The van der Waals surface area contributed by atoms with Crippen LogP contribution in [0.4, 0.5) is 0 Å². The van der Waals surface area contributed by atoms with Crippen LogP contribution in [-0.2, 0) is 26.6 Å². The van der Waals surface area contributed by atoms with Gasteiger partial charge in [0, 0.05) is 6.54 Å². The SMILES string of the molecule is CC(C)(C)CS(=O)(=O)NCc1cccc(S(N)(=O)=O)c1. The summed E-state index contributed by atoms with van der Waals surface area (Å²) in [6, 6.07) is 5.87. The molecule has 0 amide bonds. The fourth-order valence-corrected chi connectivity index (χ4v) is 3.86. The van der Waals surface area contributed by atoms with Crippen molar-refractivity contribution in [3.63, 3.8) is 0 Å². The van der Waals surface area contributed by atoms with Gasteiger partial charge in [0.05, 0.1) is 10.6 Å². The highest BCUT2D eigenvalue weighted by molar-refractivity contribution is 7.89. The lowest BCUT2D eigenvalue weighted by Crippen LogP contribution is -2.32. The lowest BCUT2D eigenvalue weighted by Gasteiger charge is -2.18. The Morgan fingerprint density at radius 1 is 1.15 bits per heavy atom. The second kappa shape index (κ2) is 5.80. The molecule has 0 radical (unpaired) electrons. The standard InChI is InChI=1S/C12H20N2O4S2/c1-12(2,3)9-19(15,16)14-8-10-5-4-6-11(7-10)20(13,17)18/h4-7,14H,8-9H2,1-3H3,(H2,13,17,18). The van der Waals surface area contributed by atoms with E-state index in [9.17, 15) is 16.8 Å². The van der Waals surface area contributed by atoms with Gasteiger partial charge in [0.1, 0.15) is 0 Å². The fourth-order valence-electron chi connectivity index (χ4n) is 1.65. The Bertz CT molecular complexity index is 674. The monoisotopic (exact) mass is 320 g/mol. The molecule has 1 aromatic rings. The van der Waals surface area contributed by atoms with E-state index in [1.807, 2.05) is 20.8 Å². The molecule has 6 nitrogen and oxygen atoms in total. The van der Waals surface area contributed by atoms with Gasteiger partial charge in [-0.05, 0) is 23.1 Å². The van der Waals surface area contributed by atoms with E-state index in [-0.39, 0.29) is 22.6 Å². The summed E-state index contributed by atoms with van der Waals surface area (Å²) in [4.78, 5) is -0.0370. The first-order valence-electron chi connectivity index (χ1n) is 5.98. The minimum absolute atomic E-state index is 0.00508. The van der Waals surface area contributed by atoms with E-state index in [1.54, 1.807) is 6.07 Å². The second-order valence-electron chi connectivity index (χ2n) is 5.83. The number of benzene rings is 1. The van der Waals surface area contributed by atoms with E-state index in [0.29, 0.717) is 5.56 Å². The summed E-state index contributed by atoms with van der Waals surface area (Å²) < 4.78 is 48.6. The predicted molar refractivity (Wildman–Crippen MR) is 77.9 cm³/mol. The van der Waals surface area contributed by atoms with Gasteiger partial charge in [0.15, 0.2) is 0 Å². The first kappa shape index (κ1) is 17.1. The molecule has 0 bridgehead atoms. The van der Waals surface area contributed by atoms with Gasteiger partial charge in [-0.3, -0.25) is 0 Å². The molecule has 3 N–H and O–H groups in total. The van der Waals surface area contributed by atoms with Crippen molar-refractivity contribution in [1.82, 2.24) is 4.72 Å². The van der Waals surface area contributed by atoms with Crippen molar-refractivity contribution in [2.75, 3.05) is 5.75 Å². The Morgan fingerprint density at radius 2 is 1.75 bits per heavy atom. The van der Waals surface area contributed by atoms with E-state index in [1.165, 1.54) is 18.2 Å². The topological polar surface area (TPSA) is 106 Å². The van der Waals surface area contributed by atoms with Crippen LogP contribution in [-0.4, -0.2) is 22.6 Å². The molecule has 0 heterocycles. The molecule has 0 aliphatic carbocycles. The molecule has 0 fully saturated rings. The van der Waals surface area contributed by atoms with Crippen molar-refractivity contribution >= 4 is 20.0 Å². The fraction of sp³-hybridized carbons (Fsp3) is 0.500. The van der Waals surface area contributed by atoms with Gasteiger partial charge in [-0.1, -0.05) is 32.9 Å². The second-order valence-corrected chi connectivity index (χ2v) is 9.20. The molecule has 1 rings (SSSR count). The third-order valence-corrected chi connectivity index (χ3v) is 5.09. The molecular weight excluding hydrogens is 300 g/mol. The van der Waals surface area contributed by atoms with Crippen molar-refractivity contribution in [1.29, 1.82) is 0 Å². The zero-order chi connectivity index (χ0) is 15.6. The Hall–Kier alpha value is -0.960. The number of rotatable bonds is 5. The molecule has 114 valence electrons. The highest BCUT2D eigenvalue weighted by Crippen LogP contribution is 2.16. The Balaban J connectivity index is 2.81. The lowest BCUT2D eigenvalue weighted by atomic mass is 10.0. The summed E-state index contributed by atoms with van der Waals surface area (Å²) in [6.45, 7) is 5.51. The maximum atomic E-state index is 11.8. The van der Waals surface area contributed by atoms with Crippen molar-refractivity contribution in [2.24, 2.45) is 10.6 Å². The summed E-state index contributed by atoms with van der Waals surface area (Å²) in [5.74, 6) is -0.00508. The molecule has 20 heavy (non-hydrogen) atoms. The van der Waals surface area contributed by atoms with Gasteiger partial charge in [-0.15, -0.1) is 0 Å². The van der Waals surface area contributed by atoms with Crippen molar-refractivity contribution < 1.29 is 16.8 Å². The number of nitrogens with two attached hydrogens (primary N) is 1. The molecule has 1 aromatic carbocycles. The third kappa shape index (κ3) is 6.00. The Morgan fingerprint density at radius 3 is 2.25 bits per heavy atom. The van der Waals surface area contributed by atoms with Crippen LogP contribution in [0.25, 0.3) is 0 Å². The average molecular weight is 320 g/mol. The molecule has 0 aromatic heterocycles. The zero-order valence-electron chi connectivity index (χ0n) is 11.8. The minimum atomic E-state index is -3.79. The minimum Gasteiger partial charge on any atom is -0.225 e. The van der Waals surface area contributed by atoms with Gasteiger partial charge in [-0.25, -0.2) is 26.7 Å². The zero-order valence-corrected chi connectivity index (χ0v) is 13.4. The van der Waals surface area contributed by atoms with Gasteiger partial charge in [-0.2, -0.15) is 0 Å². The lowest BCUT2D eigenvalue weighted by molar-refractivity contribution is 0.458. The number of primary sulfonamides is 1. The van der Waals surface area contributed by atoms with Crippen molar-refractivity contribution in [3.05, 3.63) is 29.8 Å². The number of hydrogen-bond acceptors (Lipinski definition) is 4. The number of sulfonamides is 2. The van der Waals surface area contributed by atoms with Crippen LogP contribution in [0, 0.1) is 5.41 Å². The maximum absolute atomic E-state index is 11.8. The summed E-state index contributed by atoms with van der Waals surface area (Å²) in [5, 5.41) is 5.02. The van der Waals surface area contributed by atoms with E-state index >= 15 is 0 Å². The summed E-state index contributed by atoms with van der Waals surface area (Å²) in [6.07, 6.45) is 0. The molecular formula is C12H20N2O4S2. The van der Waals surface area contributed by atoms with Crippen LogP contribution in [0.1, 0.15) is 26.3 Å². The Kier molecular flexibility index (Phi) is 4.96. The van der Waals surface area contributed by atoms with E-state index in [0.717, 1.165) is 0 Å². The molecule has 0 aliphatic heterocycles. The highest BCUT2D eigenvalue weighted by atomic mass is 32.2. The van der Waals surface area contributed by atoms with Crippen LogP contribution in [0.5, 0.6) is 0 Å². The first-order chi connectivity index (χ1) is 8.89. The molecule has 0 aliphatic rings. The summed E-state index contributed by atoms with van der Waals surface area (Å²) in [5.41, 5.74) is 0.183. The normalized spacial score (nSPS) is 13.4. The Labute approximate surface area is 120 Å². The maximum Gasteiger partial charge on any atom is 0.238 e. The van der Waals surface area contributed by atoms with Crippen molar-refractivity contribution in [2.45, 2.75) is 32.2 Å². The van der Waals surface area contributed by atoms with Gasteiger partial charge < -0.3 is 0 Å². The summed E-state index contributed by atoms with van der Waals surface area (Å²) in [7, 11) is -7.20.